The highest BCUT2D eigenvalue weighted by Crippen LogP contribution is 2.12. The standard InChI is InChI=1S/C74H114O6/c1-4-7-10-13-16-19-22-25-28-31-33-35-37-39-41-43-46-49-52-55-58-61-64-67-73(76)79-70-71(69-78-72(75)66-63-60-57-54-51-48-45-30-27-24-21-18-15-12-9-6-3)80-74(77)68-65-62-59-56-53-50-47-44-42-40-38-36-34-32-29-26-23-20-17-14-11-8-5-2/h7-8,10-11,16-17,19-21,24-26,28-30,33-36,39-42,45-47,49-50,55,58,71H,4-6,9,12-15,18,22-23,27,31-32,37-38,43-44,48,51-54,56-57,59-70H2,1-3H3/b10-7-,11-8-,19-16-,20-17-,24-21-,28-25-,29-26-,35-33-,36-34-,41-39-,42-40-,45-30-,49-46-,50-47-,58-55-. The van der Waals surface area contributed by atoms with Gasteiger partial charge in [-0.3, -0.25) is 14.4 Å². The number of hydrogen-bond donors (Lipinski definition) is 0. The first-order valence-electron chi connectivity index (χ1n) is 31.8. The summed E-state index contributed by atoms with van der Waals surface area (Å²) < 4.78 is 16.8. The second-order valence-electron chi connectivity index (χ2n) is 20.2. The normalized spacial score (nSPS) is 13.4. The molecule has 1 unspecified atom stereocenters. The molecule has 6 heteroatoms. The summed E-state index contributed by atoms with van der Waals surface area (Å²) in [6.45, 7) is 6.30. The van der Waals surface area contributed by atoms with Crippen LogP contribution in [0.1, 0.15) is 245 Å². The van der Waals surface area contributed by atoms with Crippen molar-refractivity contribution in [2.45, 2.75) is 252 Å². The van der Waals surface area contributed by atoms with Crippen LogP contribution in [0, 0.1) is 0 Å². The van der Waals surface area contributed by atoms with Crippen molar-refractivity contribution in [2.24, 2.45) is 0 Å². The fraction of sp³-hybridized carbons (Fsp3) is 0.554. The molecule has 0 radical (unpaired) electrons. The molecular formula is C74H114O6. The molecular weight excluding hydrogens is 985 g/mol. The summed E-state index contributed by atoms with van der Waals surface area (Å²) in [7, 11) is 0. The molecule has 80 heavy (non-hydrogen) atoms. The quantitative estimate of drug-likeness (QED) is 0.0261. The number of carbonyl (C=O) groups is 3. The molecule has 0 aromatic carbocycles. The molecule has 0 saturated heterocycles. The Morgan fingerprint density at radius 2 is 0.500 bits per heavy atom. The maximum atomic E-state index is 12.9. The van der Waals surface area contributed by atoms with Gasteiger partial charge in [-0.2, -0.15) is 0 Å². The van der Waals surface area contributed by atoms with E-state index in [-0.39, 0.29) is 44.0 Å². The Bertz CT molecular complexity index is 1890. The van der Waals surface area contributed by atoms with Crippen molar-refractivity contribution in [2.75, 3.05) is 13.2 Å². The molecule has 0 aliphatic heterocycles. The first kappa shape index (κ1) is 74.5. The van der Waals surface area contributed by atoms with E-state index in [1.807, 2.05) is 0 Å². The van der Waals surface area contributed by atoms with Gasteiger partial charge in [-0.25, -0.2) is 0 Å². The topological polar surface area (TPSA) is 78.9 Å². The van der Waals surface area contributed by atoms with E-state index in [0.29, 0.717) is 12.8 Å². The highest BCUT2D eigenvalue weighted by molar-refractivity contribution is 5.71. The van der Waals surface area contributed by atoms with Gasteiger partial charge < -0.3 is 14.2 Å². The lowest BCUT2D eigenvalue weighted by atomic mass is 10.1. The van der Waals surface area contributed by atoms with Crippen molar-refractivity contribution in [3.05, 3.63) is 182 Å². The van der Waals surface area contributed by atoms with Crippen LogP contribution in [0.15, 0.2) is 182 Å². The number of ether oxygens (including phenoxy) is 3. The second-order valence-corrected chi connectivity index (χ2v) is 20.2. The minimum Gasteiger partial charge on any atom is -0.462 e. The van der Waals surface area contributed by atoms with Crippen LogP contribution in [0.3, 0.4) is 0 Å². The molecule has 6 nitrogen and oxygen atoms in total. The van der Waals surface area contributed by atoms with Crippen LogP contribution in [0.25, 0.3) is 0 Å². The molecule has 0 spiro atoms. The largest absolute Gasteiger partial charge is 0.462 e. The van der Waals surface area contributed by atoms with Crippen LogP contribution in [0.5, 0.6) is 0 Å². The Hall–Kier alpha value is -5.49. The molecule has 0 fully saturated rings. The number of hydrogen-bond acceptors (Lipinski definition) is 6. The molecule has 0 rings (SSSR count). The monoisotopic (exact) mass is 1100 g/mol. The summed E-state index contributed by atoms with van der Waals surface area (Å²) in [6, 6.07) is 0. The molecule has 0 aromatic rings. The van der Waals surface area contributed by atoms with Crippen molar-refractivity contribution in [3.8, 4) is 0 Å². The summed E-state index contributed by atoms with van der Waals surface area (Å²) in [6.07, 6.45) is 98.9. The average molecular weight is 1100 g/mol. The average Bonchev–Trinajstić information content (AvgIpc) is 3.46. The lowest BCUT2D eigenvalue weighted by molar-refractivity contribution is -0.167. The SMILES string of the molecule is CC/C=C\C/C=C\C/C=C\C/C=C\C/C=C\C/C=C\C/C=C\CCCC(=O)OCC(COC(=O)CCCCCCC/C=C\C/C=C\CCCCCC)OC(=O)CCCCCC/C=C\C/C=C\C/C=C\C/C=C\C/C=C\C/C=C\CC. The van der Waals surface area contributed by atoms with Gasteiger partial charge in [0.15, 0.2) is 6.10 Å². The number of allylic oxidation sites excluding steroid dienone is 30. The van der Waals surface area contributed by atoms with Crippen LogP contribution >= 0.6 is 0 Å². The minimum atomic E-state index is -0.834. The molecule has 446 valence electrons. The molecule has 0 N–H and O–H groups in total. The van der Waals surface area contributed by atoms with Gasteiger partial charge in [0.2, 0.25) is 0 Å². The third kappa shape index (κ3) is 63.3. The predicted molar refractivity (Wildman–Crippen MR) is 348 cm³/mol. The molecule has 0 aliphatic carbocycles. The van der Waals surface area contributed by atoms with E-state index in [4.69, 9.17) is 14.2 Å². The zero-order chi connectivity index (χ0) is 57.8. The highest BCUT2D eigenvalue weighted by atomic mass is 16.6. The van der Waals surface area contributed by atoms with Crippen molar-refractivity contribution >= 4 is 17.9 Å². The van der Waals surface area contributed by atoms with Crippen molar-refractivity contribution in [3.63, 3.8) is 0 Å². The van der Waals surface area contributed by atoms with E-state index < -0.39 is 6.10 Å². The lowest BCUT2D eigenvalue weighted by Crippen LogP contribution is -2.30. The van der Waals surface area contributed by atoms with Gasteiger partial charge in [0.05, 0.1) is 0 Å². The van der Waals surface area contributed by atoms with Gasteiger partial charge in [-0.1, -0.05) is 254 Å². The molecule has 0 heterocycles. The van der Waals surface area contributed by atoms with Crippen molar-refractivity contribution in [1.29, 1.82) is 0 Å². The van der Waals surface area contributed by atoms with Crippen molar-refractivity contribution < 1.29 is 28.6 Å². The lowest BCUT2D eigenvalue weighted by Gasteiger charge is -2.18. The Balaban J connectivity index is 4.60. The maximum absolute atomic E-state index is 12.9. The third-order valence-corrected chi connectivity index (χ3v) is 12.6. The van der Waals surface area contributed by atoms with E-state index in [0.717, 1.165) is 167 Å². The number of carbonyl (C=O) groups excluding carboxylic acids is 3. The summed E-state index contributed by atoms with van der Waals surface area (Å²) in [5, 5.41) is 0. The highest BCUT2D eigenvalue weighted by Gasteiger charge is 2.19. The summed E-state index contributed by atoms with van der Waals surface area (Å²) in [5.74, 6) is -1.03. The number of esters is 3. The molecule has 0 saturated carbocycles. The van der Waals surface area contributed by atoms with Gasteiger partial charge in [0.1, 0.15) is 13.2 Å². The van der Waals surface area contributed by atoms with E-state index in [1.54, 1.807) is 0 Å². The fourth-order valence-electron chi connectivity index (χ4n) is 7.93. The molecule has 0 aliphatic rings. The maximum Gasteiger partial charge on any atom is 0.306 e. The van der Waals surface area contributed by atoms with Crippen LogP contribution in [0.4, 0.5) is 0 Å². The van der Waals surface area contributed by atoms with Crippen LogP contribution in [-0.2, 0) is 28.6 Å². The van der Waals surface area contributed by atoms with E-state index in [9.17, 15) is 14.4 Å². The Morgan fingerprint density at radius 3 is 0.812 bits per heavy atom. The van der Waals surface area contributed by atoms with Crippen LogP contribution in [0.2, 0.25) is 0 Å². The third-order valence-electron chi connectivity index (χ3n) is 12.6. The van der Waals surface area contributed by atoms with Crippen LogP contribution in [-0.4, -0.2) is 37.2 Å². The number of rotatable bonds is 55. The molecule has 0 amide bonds. The van der Waals surface area contributed by atoms with Gasteiger partial charge >= 0.3 is 17.9 Å². The summed E-state index contributed by atoms with van der Waals surface area (Å²) >= 11 is 0. The first-order chi connectivity index (χ1) is 39.5. The van der Waals surface area contributed by atoms with E-state index in [1.165, 1.54) is 32.1 Å². The van der Waals surface area contributed by atoms with Gasteiger partial charge in [-0.15, -0.1) is 0 Å². The Morgan fingerprint density at radius 1 is 0.263 bits per heavy atom. The minimum absolute atomic E-state index is 0.123. The van der Waals surface area contributed by atoms with Gasteiger partial charge in [0, 0.05) is 19.3 Å². The predicted octanol–water partition coefficient (Wildman–Crippen LogP) is 22.0. The fourth-order valence-corrected chi connectivity index (χ4v) is 7.93. The van der Waals surface area contributed by atoms with E-state index >= 15 is 0 Å². The van der Waals surface area contributed by atoms with Gasteiger partial charge in [0.25, 0.3) is 0 Å². The summed E-state index contributed by atoms with van der Waals surface area (Å²) in [4.78, 5) is 38.3. The molecule has 0 bridgehead atoms. The summed E-state index contributed by atoms with van der Waals surface area (Å²) in [5.41, 5.74) is 0. The zero-order valence-corrected chi connectivity index (χ0v) is 51.0. The van der Waals surface area contributed by atoms with E-state index in [2.05, 4.69) is 203 Å². The number of unbranched alkanes of at least 4 members (excludes halogenated alkanes) is 14. The first-order valence-corrected chi connectivity index (χ1v) is 31.8. The van der Waals surface area contributed by atoms with Gasteiger partial charge in [-0.05, 0) is 154 Å². The van der Waals surface area contributed by atoms with Crippen LogP contribution < -0.4 is 0 Å². The Labute approximate surface area is 491 Å². The zero-order valence-electron chi connectivity index (χ0n) is 51.0. The smallest absolute Gasteiger partial charge is 0.306 e. The molecule has 1 atom stereocenters. The molecule has 0 aromatic heterocycles. The van der Waals surface area contributed by atoms with Crippen molar-refractivity contribution in [1.82, 2.24) is 0 Å². The second kappa shape index (κ2) is 66.0. The Kier molecular flexibility index (Phi) is 61.5.